The minimum atomic E-state index is -2.42. The van der Waals surface area contributed by atoms with E-state index in [0.717, 1.165) is 38.5 Å². The maximum atomic E-state index is 12.1. The van der Waals surface area contributed by atoms with E-state index >= 15 is 0 Å². The van der Waals surface area contributed by atoms with Crippen LogP contribution in [0, 0.1) is 0 Å². The van der Waals surface area contributed by atoms with Crippen molar-refractivity contribution >= 4 is 7.68 Å². The van der Waals surface area contributed by atoms with Crippen LogP contribution in [0.2, 0.25) is 0 Å². The van der Waals surface area contributed by atoms with E-state index in [1.807, 2.05) is 27.2 Å². The molecule has 3 nitrogen and oxygen atoms in total. The Hall–Kier alpha value is -0.660. The Balaban J connectivity index is 3.76. The molecule has 0 fully saturated rings. The molecule has 0 amide bonds. The standard InChI is InChI=1S/C25H49NO2P/c1-6-8-9-10-11-12-13-14-15-16-17-18-19-20-21-22-24-25(23-7-2,29(27)28)26(3,4)5/h6,12-13H,1,7-11,14-24H2,2-5H3/q+1. The number of unbranched alkanes of at least 4 members (excludes halogenated alkanes) is 11. The molecular weight excluding hydrogens is 377 g/mol. The van der Waals surface area contributed by atoms with Crippen molar-refractivity contribution in [2.75, 3.05) is 21.1 Å². The van der Waals surface area contributed by atoms with Gasteiger partial charge in [-0.1, -0.05) is 63.7 Å². The van der Waals surface area contributed by atoms with E-state index in [1.54, 1.807) is 0 Å². The van der Waals surface area contributed by atoms with E-state index in [-0.39, 0.29) is 0 Å². The fourth-order valence-corrected chi connectivity index (χ4v) is 5.38. The highest BCUT2D eigenvalue weighted by Crippen LogP contribution is 2.44. The number of allylic oxidation sites excluding steroid dienone is 3. The number of hydrogen-bond acceptors (Lipinski definition) is 2. The normalized spacial score (nSPS) is 14.2. The predicted molar refractivity (Wildman–Crippen MR) is 128 cm³/mol. The molecule has 0 saturated carbocycles. The van der Waals surface area contributed by atoms with E-state index in [2.05, 4.69) is 25.7 Å². The first-order valence-electron chi connectivity index (χ1n) is 12.0. The molecule has 4 heteroatoms. The van der Waals surface area contributed by atoms with Crippen molar-refractivity contribution in [3.05, 3.63) is 24.8 Å². The van der Waals surface area contributed by atoms with Crippen LogP contribution in [0.4, 0.5) is 0 Å². The van der Waals surface area contributed by atoms with Crippen LogP contribution in [-0.4, -0.2) is 30.9 Å². The summed E-state index contributed by atoms with van der Waals surface area (Å²) in [5.41, 5.74) is 0. The van der Waals surface area contributed by atoms with E-state index < -0.39 is 13.0 Å². The minimum Gasteiger partial charge on any atom is -0.314 e. The zero-order valence-electron chi connectivity index (χ0n) is 20.0. The third kappa shape index (κ3) is 12.6. The van der Waals surface area contributed by atoms with Crippen molar-refractivity contribution < 1.29 is 13.6 Å². The Morgan fingerprint density at radius 2 is 1.17 bits per heavy atom. The van der Waals surface area contributed by atoms with Gasteiger partial charge in [0, 0.05) is 12.8 Å². The molecule has 0 aromatic carbocycles. The van der Waals surface area contributed by atoms with Crippen molar-refractivity contribution in [2.24, 2.45) is 0 Å². The van der Waals surface area contributed by atoms with Crippen LogP contribution < -0.4 is 0 Å². The van der Waals surface area contributed by atoms with Gasteiger partial charge in [-0.3, -0.25) is 0 Å². The first-order valence-corrected chi connectivity index (χ1v) is 13.2. The highest BCUT2D eigenvalue weighted by Gasteiger charge is 2.47. The van der Waals surface area contributed by atoms with Crippen LogP contribution in [-0.2, 0) is 9.13 Å². The average Bonchev–Trinajstić information content (AvgIpc) is 2.65. The zero-order valence-corrected chi connectivity index (χ0v) is 20.9. The second-order valence-corrected chi connectivity index (χ2v) is 10.8. The molecule has 0 aliphatic heterocycles. The third-order valence-electron chi connectivity index (χ3n) is 6.13. The molecule has 0 heterocycles. The number of nitrogens with zero attached hydrogens (tertiary/aromatic N) is 1. The Morgan fingerprint density at radius 1 is 0.724 bits per heavy atom. The lowest BCUT2D eigenvalue weighted by molar-refractivity contribution is -0.908. The first-order chi connectivity index (χ1) is 13.8. The maximum Gasteiger partial charge on any atom is 0.378 e. The molecule has 0 N–H and O–H groups in total. The van der Waals surface area contributed by atoms with Crippen LogP contribution in [0.5, 0.6) is 0 Å². The molecule has 0 rings (SSSR count). The van der Waals surface area contributed by atoms with Gasteiger partial charge in [0.2, 0.25) is 5.28 Å². The van der Waals surface area contributed by atoms with Gasteiger partial charge in [0.25, 0.3) is 0 Å². The molecular formula is C25H49NO2P+. The summed E-state index contributed by atoms with van der Waals surface area (Å²) in [4.78, 5) is 0. The molecule has 1 atom stereocenters. The van der Waals surface area contributed by atoms with Gasteiger partial charge in [-0.15, -0.1) is 6.58 Å². The van der Waals surface area contributed by atoms with Gasteiger partial charge >= 0.3 is 7.68 Å². The van der Waals surface area contributed by atoms with Gasteiger partial charge in [-0.25, -0.2) is 9.13 Å². The molecule has 0 aromatic heterocycles. The summed E-state index contributed by atoms with van der Waals surface area (Å²) >= 11 is 0. The molecule has 170 valence electrons. The number of rotatable bonds is 20. The monoisotopic (exact) mass is 426 g/mol. The van der Waals surface area contributed by atoms with E-state index in [1.165, 1.54) is 64.2 Å². The summed E-state index contributed by atoms with van der Waals surface area (Å²) in [5.74, 6) is 0. The lowest BCUT2D eigenvalue weighted by atomic mass is 9.99. The highest BCUT2D eigenvalue weighted by molar-refractivity contribution is 7.32. The van der Waals surface area contributed by atoms with Gasteiger partial charge in [-0.05, 0) is 51.4 Å². The summed E-state index contributed by atoms with van der Waals surface area (Å²) in [7, 11) is 3.66. The molecule has 0 aliphatic rings. The Labute approximate surface area is 182 Å². The first kappa shape index (κ1) is 28.3. The Kier molecular flexibility index (Phi) is 16.7. The van der Waals surface area contributed by atoms with Gasteiger partial charge in [-0.2, -0.15) is 0 Å². The molecule has 1 unspecified atom stereocenters. The van der Waals surface area contributed by atoms with Gasteiger partial charge < -0.3 is 4.48 Å². The lowest BCUT2D eigenvalue weighted by Gasteiger charge is -2.41. The molecule has 0 spiro atoms. The average molecular weight is 427 g/mol. The summed E-state index contributed by atoms with van der Waals surface area (Å²) in [6.45, 7) is 5.84. The third-order valence-corrected chi connectivity index (χ3v) is 7.86. The highest BCUT2D eigenvalue weighted by atomic mass is 31.1. The second-order valence-electron chi connectivity index (χ2n) is 9.41. The van der Waals surface area contributed by atoms with E-state index in [0.29, 0.717) is 4.48 Å². The van der Waals surface area contributed by atoms with Crippen molar-refractivity contribution in [1.29, 1.82) is 0 Å². The van der Waals surface area contributed by atoms with Gasteiger partial charge in [0.05, 0.1) is 21.1 Å². The van der Waals surface area contributed by atoms with Crippen LogP contribution in [0.1, 0.15) is 110 Å². The molecule has 0 aliphatic carbocycles. The van der Waals surface area contributed by atoms with E-state index in [9.17, 15) is 9.13 Å². The Bertz CT molecular complexity index is 497. The van der Waals surface area contributed by atoms with Gasteiger partial charge in [0.15, 0.2) is 0 Å². The quantitative estimate of drug-likeness (QED) is 0.0845. The smallest absolute Gasteiger partial charge is 0.314 e. The van der Waals surface area contributed by atoms with Crippen molar-refractivity contribution in [2.45, 2.75) is 115 Å². The summed E-state index contributed by atoms with van der Waals surface area (Å²) in [6.07, 6.45) is 25.3. The maximum absolute atomic E-state index is 12.1. The second kappa shape index (κ2) is 17.1. The van der Waals surface area contributed by atoms with Crippen molar-refractivity contribution in [3.63, 3.8) is 0 Å². The summed E-state index contributed by atoms with van der Waals surface area (Å²) in [6, 6.07) is 0. The predicted octanol–water partition coefficient (Wildman–Crippen LogP) is 8.57. The van der Waals surface area contributed by atoms with Gasteiger partial charge in [0.1, 0.15) is 0 Å². The molecule has 0 saturated heterocycles. The van der Waals surface area contributed by atoms with Crippen LogP contribution in [0.3, 0.4) is 0 Å². The zero-order chi connectivity index (χ0) is 22.0. The number of hydrogen-bond donors (Lipinski definition) is 0. The minimum absolute atomic E-state index is 0.517. The topological polar surface area (TPSA) is 34.1 Å². The molecule has 0 bridgehead atoms. The largest absolute Gasteiger partial charge is 0.378 e. The van der Waals surface area contributed by atoms with Crippen LogP contribution in [0.15, 0.2) is 24.8 Å². The van der Waals surface area contributed by atoms with Crippen molar-refractivity contribution in [3.8, 4) is 0 Å². The molecule has 0 aromatic rings. The fraction of sp³-hybridized carbons (Fsp3) is 0.840. The lowest BCUT2D eigenvalue weighted by Crippen LogP contribution is -2.53. The van der Waals surface area contributed by atoms with E-state index in [4.69, 9.17) is 0 Å². The van der Waals surface area contributed by atoms with Crippen LogP contribution >= 0.6 is 7.68 Å². The Morgan fingerprint density at radius 3 is 1.62 bits per heavy atom. The fourth-order valence-electron chi connectivity index (χ4n) is 4.14. The SMILES string of the molecule is C=CCCCCC=CCCCCCCCCCCC(CCC)(P(=O)=O)[N+](C)(C)C. The molecule has 29 heavy (non-hydrogen) atoms. The molecule has 0 radical (unpaired) electrons. The number of quaternary nitrogens is 1. The van der Waals surface area contributed by atoms with Crippen LogP contribution in [0.25, 0.3) is 0 Å². The summed E-state index contributed by atoms with van der Waals surface area (Å²) in [5, 5.41) is -0.594. The summed E-state index contributed by atoms with van der Waals surface area (Å²) < 4.78 is 24.6. The van der Waals surface area contributed by atoms with Crippen molar-refractivity contribution in [1.82, 2.24) is 0 Å².